The Hall–Kier alpha value is -1.66. The summed E-state index contributed by atoms with van der Waals surface area (Å²) in [7, 11) is 0. The molecule has 0 bridgehead atoms. The van der Waals surface area contributed by atoms with E-state index in [0.29, 0.717) is 19.4 Å². The van der Waals surface area contributed by atoms with Crippen LogP contribution in [-0.2, 0) is 14.3 Å². The molecule has 0 rings (SSSR count). The van der Waals surface area contributed by atoms with Gasteiger partial charge in [-0.05, 0) is 57.8 Å². The number of ether oxygens (including phenoxy) is 1. The molecule has 3 N–H and O–H groups in total. The zero-order valence-electron chi connectivity index (χ0n) is 56.5. The SMILES string of the molecule is CCCCCC/C=C\CCCCCCCC(=O)OCCCCCCCCCCCCCCCCCCCCCCCCCCCCCCCCCCCC(=O)NC(CO)C(O)/C=C/CCCCCCCCCCCCCCCCCCCC. The van der Waals surface area contributed by atoms with Crippen molar-refractivity contribution in [2.45, 2.75) is 443 Å². The van der Waals surface area contributed by atoms with E-state index in [1.54, 1.807) is 6.08 Å². The van der Waals surface area contributed by atoms with Gasteiger partial charge >= 0.3 is 5.97 Å². The van der Waals surface area contributed by atoms with Gasteiger partial charge in [0.2, 0.25) is 5.91 Å². The summed E-state index contributed by atoms with van der Waals surface area (Å²) in [6, 6.07) is -0.625. The van der Waals surface area contributed by atoms with E-state index in [1.165, 1.54) is 360 Å². The van der Waals surface area contributed by atoms with Crippen LogP contribution in [0.5, 0.6) is 0 Å². The number of aliphatic hydroxyl groups excluding tert-OH is 2. The van der Waals surface area contributed by atoms with Gasteiger partial charge in [0.15, 0.2) is 0 Å². The number of nitrogens with one attached hydrogen (secondary N) is 1. The Morgan fingerprint density at radius 1 is 0.325 bits per heavy atom. The number of carbonyl (C=O) groups is 2. The van der Waals surface area contributed by atoms with Crippen molar-refractivity contribution in [3.05, 3.63) is 24.3 Å². The zero-order valence-corrected chi connectivity index (χ0v) is 56.5. The lowest BCUT2D eigenvalue weighted by Gasteiger charge is -2.20. The summed E-state index contributed by atoms with van der Waals surface area (Å²) in [5.41, 5.74) is 0. The minimum Gasteiger partial charge on any atom is -0.466 e. The molecule has 0 aliphatic rings. The standard InChI is InChI=1S/C77H149NO5/c1-3-5-7-9-11-13-15-17-18-19-20-36-39-42-46-49-53-57-61-65-69-75(80)74(73-79)78-76(81)70-66-62-58-54-50-47-43-40-37-34-32-30-28-26-24-22-21-23-25-27-29-31-33-35-38-41-44-48-52-56-60-64-68-72-83-77(82)71-67-63-59-55-51-45-16-14-12-10-8-6-4-2/h14,16,65,69,74-75,79-80H,3-13,15,17-64,66-68,70-73H2,1-2H3,(H,78,81)/b16-14-,69-65+. The number of hydrogen-bond donors (Lipinski definition) is 3. The Labute approximate surface area is 520 Å². The molecule has 492 valence electrons. The van der Waals surface area contributed by atoms with Crippen molar-refractivity contribution < 1.29 is 24.5 Å². The van der Waals surface area contributed by atoms with Crippen LogP contribution in [0.3, 0.4) is 0 Å². The van der Waals surface area contributed by atoms with Crippen LogP contribution in [0.15, 0.2) is 24.3 Å². The average molecular weight is 1170 g/mol. The van der Waals surface area contributed by atoms with Gasteiger partial charge in [-0.1, -0.05) is 385 Å². The van der Waals surface area contributed by atoms with Gasteiger partial charge in [-0.15, -0.1) is 0 Å². The lowest BCUT2D eigenvalue weighted by atomic mass is 10.0. The summed E-state index contributed by atoms with van der Waals surface area (Å²) >= 11 is 0. The first-order valence-corrected chi connectivity index (χ1v) is 38.1. The minimum absolute atomic E-state index is 0.0129. The van der Waals surface area contributed by atoms with Crippen molar-refractivity contribution in [1.29, 1.82) is 0 Å². The predicted octanol–water partition coefficient (Wildman–Crippen LogP) is 24.9. The molecule has 0 heterocycles. The summed E-state index contributed by atoms with van der Waals surface area (Å²) < 4.78 is 5.49. The number of rotatable bonds is 72. The second-order valence-electron chi connectivity index (χ2n) is 26.3. The summed E-state index contributed by atoms with van der Waals surface area (Å²) in [6.45, 7) is 4.93. The van der Waals surface area contributed by atoms with Gasteiger partial charge in [0, 0.05) is 12.8 Å². The third-order valence-corrected chi connectivity index (χ3v) is 18.0. The molecule has 0 fully saturated rings. The maximum absolute atomic E-state index is 12.5. The number of carbonyl (C=O) groups excluding carboxylic acids is 2. The van der Waals surface area contributed by atoms with E-state index in [2.05, 4.69) is 31.3 Å². The monoisotopic (exact) mass is 1170 g/mol. The summed E-state index contributed by atoms with van der Waals surface area (Å²) in [5, 5.41) is 23.3. The molecule has 0 aromatic rings. The highest BCUT2D eigenvalue weighted by Gasteiger charge is 2.18. The van der Waals surface area contributed by atoms with Gasteiger partial charge in [-0.3, -0.25) is 9.59 Å². The second kappa shape index (κ2) is 72.8. The highest BCUT2D eigenvalue weighted by molar-refractivity contribution is 5.76. The molecular formula is C77H149NO5. The molecule has 1 amide bonds. The van der Waals surface area contributed by atoms with Crippen LogP contribution in [0.25, 0.3) is 0 Å². The van der Waals surface area contributed by atoms with Gasteiger partial charge in [0.25, 0.3) is 0 Å². The Morgan fingerprint density at radius 2 is 0.566 bits per heavy atom. The fraction of sp³-hybridized carbons (Fsp3) is 0.922. The predicted molar refractivity (Wildman–Crippen MR) is 366 cm³/mol. The molecule has 0 aromatic carbocycles. The van der Waals surface area contributed by atoms with Crippen molar-refractivity contribution >= 4 is 11.9 Å². The smallest absolute Gasteiger partial charge is 0.305 e. The molecule has 83 heavy (non-hydrogen) atoms. The zero-order chi connectivity index (χ0) is 59.9. The summed E-state index contributed by atoms with van der Waals surface area (Å²) in [5.74, 6) is -0.0459. The number of aliphatic hydroxyl groups is 2. The number of allylic oxidation sites excluding steroid dienone is 3. The molecule has 0 radical (unpaired) electrons. The molecule has 0 saturated heterocycles. The first kappa shape index (κ1) is 81.3. The van der Waals surface area contributed by atoms with Crippen LogP contribution in [0.4, 0.5) is 0 Å². The minimum atomic E-state index is -0.842. The molecular weight excluding hydrogens is 1020 g/mol. The quantitative estimate of drug-likeness (QED) is 0.0320. The summed E-state index contributed by atoms with van der Waals surface area (Å²) in [6.07, 6.45) is 92.9. The molecule has 2 atom stereocenters. The molecule has 0 saturated carbocycles. The van der Waals surface area contributed by atoms with Crippen molar-refractivity contribution in [2.24, 2.45) is 0 Å². The van der Waals surface area contributed by atoms with Crippen LogP contribution in [0, 0.1) is 0 Å². The number of esters is 1. The van der Waals surface area contributed by atoms with Gasteiger partial charge in [0.05, 0.1) is 25.4 Å². The van der Waals surface area contributed by atoms with Crippen LogP contribution >= 0.6 is 0 Å². The van der Waals surface area contributed by atoms with Crippen LogP contribution < -0.4 is 5.32 Å². The van der Waals surface area contributed by atoms with E-state index in [1.807, 2.05) is 6.08 Å². The van der Waals surface area contributed by atoms with Gasteiger partial charge in [0.1, 0.15) is 0 Å². The highest BCUT2D eigenvalue weighted by Crippen LogP contribution is 2.20. The fourth-order valence-corrected chi connectivity index (χ4v) is 12.2. The van der Waals surface area contributed by atoms with Crippen molar-refractivity contribution in [1.82, 2.24) is 5.32 Å². The molecule has 0 aromatic heterocycles. The molecule has 6 heteroatoms. The maximum atomic E-state index is 12.5. The Balaban J connectivity index is 3.34. The first-order chi connectivity index (χ1) is 41.0. The fourth-order valence-electron chi connectivity index (χ4n) is 12.2. The van der Waals surface area contributed by atoms with Gasteiger partial charge in [-0.25, -0.2) is 0 Å². The maximum Gasteiger partial charge on any atom is 0.305 e. The average Bonchev–Trinajstić information content (AvgIpc) is 3.49. The van der Waals surface area contributed by atoms with Crippen LogP contribution in [-0.4, -0.2) is 47.4 Å². The lowest BCUT2D eigenvalue weighted by molar-refractivity contribution is -0.143. The Bertz CT molecular complexity index is 1300. The largest absolute Gasteiger partial charge is 0.466 e. The third kappa shape index (κ3) is 69.3. The lowest BCUT2D eigenvalue weighted by Crippen LogP contribution is -2.45. The first-order valence-electron chi connectivity index (χ1n) is 38.1. The van der Waals surface area contributed by atoms with Crippen LogP contribution in [0.1, 0.15) is 431 Å². The third-order valence-electron chi connectivity index (χ3n) is 18.0. The molecule has 0 aliphatic heterocycles. The topological polar surface area (TPSA) is 95.9 Å². The van der Waals surface area contributed by atoms with Crippen LogP contribution in [0.2, 0.25) is 0 Å². The number of hydrogen-bond acceptors (Lipinski definition) is 5. The van der Waals surface area contributed by atoms with Gasteiger partial charge in [-0.2, -0.15) is 0 Å². The second-order valence-corrected chi connectivity index (χ2v) is 26.3. The number of unbranched alkanes of at least 4 members (excludes halogenated alkanes) is 59. The van der Waals surface area contributed by atoms with E-state index in [0.717, 1.165) is 44.9 Å². The Morgan fingerprint density at radius 3 is 0.867 bits per heavy atom. The van der Waals surface area contributed by atoms with E-state index in [-0.39, 0.29) is 18.5 Å². The van der Waals surface area contributed by atoms with E-state index >= 15 is 0 Å². The Kier molecular flexibility index (Phi) is 71.4. The van der Waals surface area contributed by atoms with Gasteiger partial charge < -0.3 is 20.3 Å². The number of amides is 1. The van der Waals surface area contributed by atoms with E-state index < -0.39 is 12.1 Å². The van der Waals surface area contributed by atoms with E-state index in [4.69, 9.17) is 4.74 Å². The van der Waals surface area contributed by atoms with Crippen molar-refractivity contribution in [2.75, 3.05) is 13.2 Å². The molecule has 2 unspecified atom stereocenters. The normalized spacial score (nSPS) is 12.6. The van der Waals surface area contributed by atoms with E-state index in [9.17, 15) is 19.8 Å². The van der Waals surface area contributed by atoms with Crippen molar-refractivity contribution in [3.63, 3.8) is 0 Å². The highest BCUT2D eigenvalue weighted by atomic mass is 16.5. The molecule has 6 nitrogen and oxygen atoms in total. The molecule has 0 spiro atoms. The molecule has 0 aliphatic carbocycles. The van der Waals surface area contributed by atoms with Crippen molar-refractivity contribution in [3.8, 4) is 0 Å². The summed E-state index contributed by atoms with van der Waals surface area (Å²) in [4.78, 5) is 24.6.